The number of hydrogen-bond acceptors (Lipinski definition) is 8. The first-order chi connectivity index (χ1) is 12.3. The van der Waals surface area contributed by atoms with Gasteiger partial charge < -0.3 is 19.1 Å². The van der Waals surface area contributed by atoms with E-state index in [2.05, 4.69) is 4.72 Å². The lowest BCUT2D eigenvalue weighted by atomic mass is 10.1. The lowest BCUT2D eigenvalue weighted by Gasteiger charge is -2.31. The van der Waals surface area contributed by atoms with Gasteiger partial charge in [-0.15, -0.1) is 0 Å². The summed E-state index contributed by atoms with van der Waals surface area (Å²) in [7, 11) is -0.0315. The van der Waals surface area contributed by atoms with Crippen LogP contribution in [-0.2, 0) is 33.8 Å². The Morgan fingerprint density at radius 1 is 1.19 bits per heavy atom. The fraction of sp³-hybridized carbons (Fsp3) is 0.375. The van der Waals surface area contributed by atoms with Crippen molar-refractivity contribution < 1.29 is 32.2 Å². The van der Waals surface area contributed by atoms with Crippen LogP contribution in [0, 0.1) is 6.92 Å². The summed E-state index contributed by atoms with van der Waals surface area (Å²) in [5, 5.41) is 0. The molecule has 1 heterocycles. The standard InChI is InChI=1S/C16H20N2O7S/c1-10-5-6-11(7-13(10)26(21,22)17-2)18-9-25-8-12(15(19)23-3)14(18)16(20)24-4/h5-7,17H,8-9H2,1-4H3. The fourth-order valence-electron chi connectivity index (χ4n) is 2.50. The number of sulfonamides is 1. The van der Waals surface area contributed by atoms with Gasteiger partial charge in [0, 0.05) is 5.69 Å². The Hall–Kier alpha value is -2.43. The lowest BCUT2D eigenvalue weighted by Crippen LogP contribution is -2.39. The number of nitrogens with one attached hydrogen (secondary N) is 1. The molecule has 1 N–H and O–H groups in total. The molecular weight excluding hydrogens is 364 g/mol. The van der Waals surface area contributed by atoms with E-state index in [-0.39, 0.29) is 29.5 Å². The van der Waals surface area contributed by atoms with E-state index in [9.17, 15) is 18.0 Å². The first-order valence-corrected chi connectivity index (χ1v) is 9.04. The molecule has 0 spiro atoms. The van der Waals surface area contributed by atoms with Gasteiger partial charge in [-0.05, 0) is 31.7 Å². The molecule has 26 heavy (non-hydrogen) atoms. The van der Waals surface area contributed by atoms with E-state index in [0.717, 1.165) is 0 Å². The number of hydrogen-bond donors (Lipinski definition) is 1. The molecule has 9 nitrogen and oxygen atoms in total. The first kappa shape index (κ1) is 19.9. The van der Waals surface area contributed by atoms with Gasteiger partial charge in [0.2, 0.25) is 10.0 Å². The third-order valence-corrected chi connectivity index (χ3v) is 5.43. The van der Waals surface area contributed by atoms with Crippen LogP contribution >= 0.6 is 0 Å². The number of rotatable bonds is 5. The van der Waals surface area contributed by atoms with E-state index < -0.39 is 22.0 Å². The normalized spacial score (nSPS) is 15.0. The van der Waals surface area contributed by atoms with E-state index in [1.165, 1.54) is 32.2 Å². The second-order valence-electron chi connectivity index (χ2n) is 5.37. The summed E-state index contributed by atoms with van der Waals surface area (Å²) in [4.78, 5) is 25.7. The van der Waals surface area contributed by atoms with Crippen molar-refractivity contribution in [2.45, 2.75) is 11.8 Å². The summed E-state index contributed by atoms with van der Waals surface area (Å²) in [6, 6.07) is 4.62. The number of aryl methyl sites for hydroxylation is 1. The van der Waals surface area contributed by atoms with Crippen LogP contribution in [0.2, 0.25) is 0 Å². The van der Waals surface area contributed by atoms with E-state index in [4.69, 9.17) is 14.2 Å². The summed E-state index contributed by atoms with van der Waals surface area (Å²) < 4.78 is 41.5. The number of esters is 2. The highest BCUT2D eigenvalue weighted by Gasteiger charge is 2.33. The molecule has 0 unspecified atom stereocenters. The van der Waals surface area contributed by atoms with E-state index in [1.807, 2.05) is 0 Å². The Morgan fingerprint density at radius 3 is 2.42 bits per heavy atom. The van der Waals surface area contributed by atoms with Crippen LogP contribution in [0.3, 0.4) is 0 Å². The summed E-state index contributed by atoms with van der Waals surface area (Å²) in [5.41, 5.74) is 0.815. The van der Waals surface area contributed by atoms with E-state index in [1.54, 1.807) is 19.1 Å². The number of nitrogens with zero attached hydrogens (tertiary/aromatic N) is 1. The minimum Gasteiger partial charge on any atom is -0.466 e. The number of benzene rings is 1. The molecule has 0 radical (unpaired) electrons. The number of ether oxygens (including phenoxy) is 3. The quantitative estimate of drug-likeness (QED) is 0.722. The van der Waals surface area contributed by atoms with Crippen LogP contribution in [0.25, 0.3) is 0 Å². The molecule has 0 saturated heterocycles. The molecule has 2 rings (SSSR count). The minimum atomic E-state index is -3.71. The maximum Gasteiger partial charge on any atom is 0.355 e. The van der Waals surface area contributed by atoms with Gasteiger partial charge in [0.1, 0.15) is 12.4 Å². The van der Waals surface area contributed by atoms with E-state index >= 15 is 0 Å². The topological polar surface area (TPSA) is 111 Å². The van der Waals surface area contributed by atoms with Gasteiger partial charge in [0.05, 0.1) is 31.3 Å². The average Bonchev–Trinajstić information content (AvgIpc) is 2.66. The first-order valence-electron chi connectivity index (χ1n) is 7.56. The molecule has 0 fully saturated rings. The van der Waals surface area contributed by atoms with Crippen molar-refractivity contribution in [1.82, 2.24) is 4.72 Å². The maximum absolute atomic E-state index is 12.3. The Morgan fingerprint density at radius 2 is 1.85 bits per heavy atom. The van der Waals surface area contributed by atoms with Crippen molar-refractivity contribution in [3.8, 4) is 0 Å². The molecule has 1 aromatic rings. The lowest BCUT2D eigenvalue weighted by molar-refractivity contribution is -0.140. The Labute approximate surface area is 151 Å². The van der Waals surface area contributed by atoms with Crippen LogP contribution in [0.1, 0.15) is 5.56 Å². The summed E-state index contributed by atoms with van der Waals surface area (Å²) in [6.07, 6.45) is 0. The molecule has 0 aromatic heterocycles. The largest absolute Gasteiger partial charge is 0.466 e. The van der Waals surface area contributed by atoms with Gasteiger partial charge in [-0.25, -0.2) is 22.7 Å². The third-order valence-electron chi connectivity index (χ3n) is 3.87. The van der Waals surface area contributed by atoms with Crippen LogP contribution in [-0.4, -0.2) is 55.0 Å². The van der Waals surface area contributed by atoms with Gasteiger partial charge in [-0.1, -0.05) is 6.07 Å². The zero-order valence-corrected chi connectivity index (χ0v) is 15.7. The maximum atomic E-state index is 12.3. The molecule has 10 heteroatoms. The molecule has 0 bridgehead atoms. The molecule has 0 aliphatic carbocycles. The monoisotopic (exact) mass is 384 g/mol. The smallest absolute Gasteiger partial charge is 0.355 e. The van der Waals surface area contributed by atoms with Crippen molar-refractivity contribution in [2.75, 3.05) is 39.5 Å². The van der Waals surface area contributed by atoms with Gasteiger partial charge >= 0.3 is 11.9 Å². The van der Waals surface area contributed by atoms with Crippen molar-refractivity contribution in [3.63, 3.8) is 0 Å². The fourth-order valence-corrected chi connectivity index (χ4v) is 3.49. The highest BCUT2D eigenvalue weighted by atomic mass is 32.2. The molecule has 0 amide bonds. The summed E-state index contributed by atoms with van der Waals surface area (Å²) in [6.45, 7) is 1.46. The number of methoxy groups -OCH3 is 2. The van der Waals surface area contributed by atoms with Crippen molar-refractivity contribution in [3.05, 3.63) is 35.0 Å². The molecule has 142 valence electrons. The van der Waals surface area contributed by atoms with Crippen molar-refractivity contribution >= 4 is 27.6 Å². The number of carbonyl (C=O) groups is 2. The van der Waals surface area contributed by atoms with Gasteiger partial charge in [-0.2, -0.15) is 0 Å². The summed E-state index contributed by atoms with van der Waals surface area (Å²) >= 11 is 0. The predicted octanol–water partition coefficient (Wildman–Crippen LogP) is 0.297. The Balaban J connectivity index is 2.64. The van der Waals surface area contributed by atoms with E-state index in [0.29, 0.717) is 11.3 Å². The zero-order chi connectivity index (χ0) is 19.5. The SMILES string of the molecule is CNS(=O)(=O)c1cc(N2COCC(C(=O)OC)=C2C(=O)OC)ccc1C. The predicted molar refractivity (Wildman–Crippen MR) is 91.8 cm³/mol. The highest BCUT2D eigenvalue weighted by molar-refractivity contribution is 7.89. The molecule has 1 aliphatic rings. The van der Waals surface area contributed by atoms with Gasteiger partial charge in [0.25, 0.3) is 0 Å². The average molecular weight is 384 g/mol. The Bertz CT molecular complexity index is 861. The molecule has 1 aromatic carbocycles. The minimum absolute atomic E-state index is 0.0100. The molecule has 0 atom stereocenters. The zero-order valence-electron chi connectivity index (χ0n) is 14.9. The van der Waals surface area contributed by atoms with Gasteiger partial charge in [-0.3, -0.25) is 0 Å². The number of anilines is 1. The van der Waals surface area contributed by atoms with Gasteiger partial charge in [0.15, 0.2) is 0 Å². The second-order valence-corrected chi connectivity index (χ2v) is 7.23. The molecular formula is C16H20N2O7S. The second kappa shape index (κ2) is 7.85. The third kappa shape index (κ3) is 3.71. The summed E-state index contributed by atoms with van der Waals surface area (Å²) in [5.74, 6) is -1.49. The van der Waals surface area contributed by atoms with Crippen LogP contribution in [0.4, 0.5) is 5.69 Å². The molecule has 1 aliphatic heterocycles. The highest BCUT2D eigenvalue weighted by Crippen LogP contribution is 2.29. The Kier molecular flexibility index (Phi) is 6.01. The molecule has 0 saturated carbocycles. The van der Waals surface area contributed by atoms with Crippen molar-refractivity contribution in [2.24, 2.45) is 0 Å². The van der Waals surface area contributed by atoms with Crippen LogP contribution in [0.15, 0.2) is 34.4 Å². The van der Waals surface area contributed by atoms with Crippen LogP contribution in [0.5, 0.6) is 0 Å². The van der Waals surface area contributed by atoms with Crippen molar-refractivity contribution in [1.29, 1.82) is 0 Å². The van der Waals surface area contributed by atoms with Crippen LogP contribution < -0.4 is 9.62 Å². The number of carbonyl (C=O) groups excluding carboxylic acids is 2.